The minimum atomic E-state index is 0.296. The molecule has 2 fully saturated rings. The van der Waals surface area contributed by atoms with Gasteiger partial charge in [-0.05, 0) is 63.3 Å². The molecule has 0 spiro atoms. The van der Waals surface area contributed by atoms with Gasteiger partial charge >= 0.3 is 0 Å². The van der Waals surface area contributed by atoms with Crippen molar-refractivity contribution < 1.29 is 4.79 Å². The topological polar surface area (TPSA) is 26.8 Å². The first-order valence-electron chi connectivity index (χ1n) is 9.82. The molecular formula is C21H33N3O. The molecular weight excluding hydrogens is 310 g/mol. The number of amides is 1. The fourth-order valence-corrected chi connectivity index (χ4v) is 4.16. The summed E-state index contributed by atoms with van der Waals surface area (Å²) >= 11 is 0. The molecule has 3 rings (SSSR count). The Balaban J connectivity index is 1.46. The van der Waals surface area contributed by atoms with Crippen molar-refractivity contribution in [2.24, 2.45) is 5.92 Å². The molecule has 0 N–H and O–H groups in total. The number of rotatable bonds is 4. The second-order valence-electron chi connectivity index (χ2n) is 8.04. The van der Waals surface area contributed by atoms with Crippen molar-refractivity contribution in [3.8, 4) is 0 Å². The number of aryl methyl sites for hydroxylation is 1. The lowest BCUT2D eigenvalue weighted by atomic mass is 9.87. The third-order valence-corrected chi connectivity index (χ3v) is 5.99. The summed E-state index contributed by atoms with van der Waals surface area (Å²) in [6, 6.07) is 9.24. The van der Waals surface area contributed by atoms with Gasteiger partial charge in [0.25, 0.3) is 0 Å². The third kappa shape index (κ3) is 4.75. The summed E-state index contributed by atoms with van der Waals surface area (Å²) in [6.07, 6.45) is 5.09. The summed E-state index contributed by atoms with van der Waals surface area (Å²) in [5, 5.41) is 0. The number of benzene rings is 1. The molecule has 1 aromatic carbocycles. The number of carbonyl (C=O) groups is 1. The fraction of sp³-hybridized carbons (Fsp3) is 0.667. The zero-order valence-corrected chi connectivity index (χ0v) is 16.1. The van der Waals surface area contributed by atoms with Crippen molar-refractivity contribution in [1.29, 1.82) is 0 Å². The second kappa shape index (κ2) is 8.22. The number of carbonyl (C=O) groups excluding carboxylic acids is 1. The maximum absolute atomic E-state index is 12.7. The third-order valence-electron chi connectivity index (χ3n) is 5.99. The Labute approximate surface area is 152 Å². The van der Waals surface area contributed by atoms with Crippen LogP contribution in [0.25, 0.3) is 0 Å². The Morgan fingerprint density at radius 1 is 1.12 bits per heavy atom. The highest BCUT2D eigenvalue weighted by Gasteiger charge is 2.26. The Morgan fingerprint density at radius 3 is 2.44 bits per heavy atom. The monoisotopic (exact) mass is 343 g/mol. The number of hydrogen-bond donors (Lipinski definition) is 0. The number of hydrogen-bond acceptors (Lipinski definition) is 3. The SMILES string of the molecule is Cc1cccc(N2CCN(C(=O)CN(C)C3CCC(C)CC3)CC2)c1. The van der Waals surface area contributed by atoms with Gasteiger partial charge in [-0.2, -0.15) is 0 Å². The molecule has 0 radical (unpaired) electrons. The van der Waals surface area contributed by atoms with Crippen LogP contribution in [0.2, 0.25) is 0 Å². The lowest BCUT2D eigenvalue weighted by Gasteiger charge is -2.38. The van der Waals surface area contributed by atoms with Crippen molar-refractivity contribution >= 4 is 11.6 Å². The molecule has 1 amide bonds. The summed E-state index contributed by atoms with van der Waals surface area (Å²) in [4.78, 5) is 19.4. The van der Waals surface area contributed by atoms with Crippen LogP contribution < -0.4 is 4.90 Å². The highest BCUT2D eigenvalue weighted by atomic mass is 16.2. The van der Waals surface area contributed by atoms with E-state index < -0.39 is 0 Å². The molecule has 4 nitrogen and oxygen atoms in total. The molecule has 1 saturated heterocycles. The molecule has 1 aliphatic heterocycles. The second-order valence-corrected chi connectivity index (χ2v) is 8.04. The van der Waals surface area contributed by atoms with Crippen LogP contribution in [0.5, 0.6) is 0 Å². The molecule has 25 heavy (non-hydrogen) atoms. The van der Waals surface area contributed by atoms with Gasteiger partial charge in [-0.3, -0.25) is 9.69 Å². The van der Waals surface area contributed by atoms with Gasteiger partial charge in [0, 0.05) is 37.9 Å². The lowest BCUT2D eigenvalue weighted by Crippen LogP contribution is -2.52. The quantitative estimate of drug-likeness (QED) is 0.840. The van der Waals surface area contributed by atoms with Gasteiger partial charge in [-0.15, -0.1) is 0 Å². The molecule has 138 valence electrons. The molecule has 0 unspecified atom stereocenters. The van der Waals surface area contributed by atoms with Crippen molar-refractivity contribution in [2.75, 3.05) is 44.7 Å². The van der Waals surface area contributed by atoms with E-state index in [-0.39, 0.29) is 0 Å². The highest BCUT2D eigenvalue weighted by Crippen LogP contribution is 2.26. The minimum Gasteiger partial charge on any atom is -0.368 e. The van der Waals surface area contributed by atoms with E-state index in [1.54, 1.807) is 0 Å². The Kier molecular flexibility index (Phi) is 6.00. The van der Waals surface area contributed by atoms with Crippen molar-refractivity contribution in [3.05, 3.63) is 29.8 Å². The van der Waals surface area contributed by atoms with E-state index in [2.05, 4.69) is 55.0 Å². The molecule has 4 heteroatoms. The van der Waals surface area contributed by atoms with Crippen molar-refractivity contribution in [3.63, 3.8) is 0 Å². The lowest BCUT2D eigenvalue weighted by molar-refractivity contribution is -0.133. The standard InChI is InChI=1S/C21H33N3O/c1-17-7-9-19(10-8-17)22(3)16-21(25)24-13-11-23(12-14-24)20-6-4-5-18(2)15-20/h4-6,15,17,19H,7-14,16H2,1-3H3. The summed E-state index contributed by atoms with van der Waals surface area (Å²) < 4.78 is 0. The van der Waals surface area contributed by atoms with Gasteiger partial charge in [0.1, 0.15) is 0 Å². The van der Waals surface area contributed by atoms with E-state index in [9.17, 15) is 4.79 Å². The van der Waals surface area contributed by atoms with Crippen LogP contribution in [0.3, 0.4) is 0 Å². The number of likely N-dealkylation sites (N-methyl/N-ethyl adjacent to an activating group) is 1. The summed E-state index contributed by atoms with van der Waals surface area (Å²) in [5.41, 5.74) is 2.57. The molecule has 1 heterocycles. The normalized spacial score (nSPS) is 24.6. The van der Waals surface area contributed by atoms with Gasteiger partial charge in [0.05, 0.1) is 6.54 Å². The summed E-state index contributed by atoms with van der Waals surface area (Å²) in [5.74, 6) is 1.15. The molecule has 1 aliphatic carbocycles. The maximum Gasteiger partial charge on any atom is 0.236 e. The average Bonchev–Trinajstić information content (AvgIpc) is 2.62. The molecule has 2 aliphatic rings. The van der Waals surface area contributed by atoms with Gasteiger partial charge in [-0.1, -0.05) is 19.1 Å². The van der Waals surface area contributed by atoms with E-state index in [1.165, 1.54) is 36.9 Å². The Morgan fingerprint density at radius 2 is 1.80 bits per heavy atom. The van der Waals surface area contributed by atoms with Crippen LogP contribution in [0.4, 0.5) is 5.69 Å². The zero-order chi connectivity index (χ0) is 17.8. The first-order valence-corrected chi connectivity index (χ1v) is 9.82. The first kappa shape index (κ1) is 18.2. The molecule has 0 atom stereocenters. The zero-order valence-electron chi connectivity index (χ0n) is 16.1. The van der Waals surface area contributed by atoms with E-state index in [0.717, 1.165) is 32.1 Å². The van der Waals surface area contributed by atoms with E-state index >= 15 is 0 Å². The molecule has 0 bridgehead atoms. The average molecular weight is 344 g/mol. The maximum atomic E-state index is 12.7. The predicted octanol–water partition coefficient (Wildman–Crippen LogP) is 3.15. The van der Waals surface area contributed by atoms with E-state index in [1.807, 2.05) is 4.90 Å². The van der Waals surface area contributed by atoms with Crippen LogP contribution in [0.1, 0.15) is 38.2 Å². The number of piperazine rings is 1. The van der Waals surface area contributed by atoms with Gasteiger partial charge < -0.3 is 9.80 Å². The highest BCUT2D eigenvalue weighted by molar-refractivity contribution is 5.78. The Hall–Kier alpha value is -1.55. The largest absolute Gasteiger partial charge is 0.368 e. The smallest absolute Gasteiger partial charge is 0.236 e. The van der Waals surface area contributed by atoms with Crippen LogP contribution in [0, 0.1) is 12.8 Å². The van der Waals surface area contributed by atoms with Crippen molar-refractivity contribution in [2.45, 2.75) is 45.6 Å². The van der Waals surface area contributed by atoms with E-state index in [4.69, 9.17) is 0 Å². The van der Waals surface area contributed by atoms with Gasteiger partial charge in [0.2, 0.25) is 5.91 Å². The van der Waals surface area contributed by atoms with Crippen LogP contribution in [0.15, 0.2) is 24.3 Å². The van der Waals surface area contributed by atoms with Crippen LogP contribution in [-0.4, -0.2) is 61.5 Å². The van der Waals surface area contributed by atoms with Crippen molar-refractivity contribution in [1.82, 2.24) is 9.80 Å². The Bertz CT molecular complexity index is 572. The summed E-state index contributed by atoms with van der Waals surface area (Å²) in [7, 11) is 2.13. The van der Waals surface area contributed by atoms with E-state index in [0.29, 0.717) is 18.5 Å². The molecule has 1 aromatic rings. The fourth-order valence-electron chi connectivity index (χ4n) is 4.16. The summed E-state index contributed by atoms with van der Waals surface area (Å²) in [6.45, 7) is 8.58. The number of nitrogens with zero attached hydrogens (tertiary/aromatic N) is 3. The first-order chi connectivity index (χ1) is 12.0. The number of anilines is 1. The minimum absolute atomic E-state index is 0.296. The van der Waals surface area contributed by atoms with Gasteiger partial charge in [0.15, 0.2) is 0 Å². The predicted molar refractivity (Wildman–Crippen MR) is 104 cm³/mol. The van der Waals surface area contributed by atoms with Gasteiger partial charge in [-0.25, -0.2) is 0 Å². The van der Waals surface area contributed by atoms with Crippen LogP contribution >= 0.6 is 0 Å². The van der Waals surface area contributed by atoms with Crippen LogP contribution in [-0.2, 0) is 4.79 Å². The molecule has 0 aromatic heterocycles. The molecule has 1 saturated carbocycles.